The fourth-order valence-electron chi connectivity index (χ4n) is 9.08. The molecule has 0 aromatic carbocycles. The summed E-state index contributed by atoms with van der Waals surface area (Å²) < 4.78 is 35.3. The topological polar surface area (TPSA) is 61.9 Å². The molecular weight excluding hydrogens is 482 g/mol. The molecule has 0 radical (unpaired) electrons. The summed E-state index contributed by atoms with van der Waals surface area (Å²) in [7, 11) is -1.53. The number of hydrogen-bond donors (Lipinski definition) is 1. The van der Waals surface area contributed by atoms with E-state index >= 15 is 0 Å². The Bertz CT molecular complexity index is 887. The van der Waals surface area contributed by atoms with Crippen LogP contribution in [0.1, 0.15) is 78.6 Å². The Hall–Kier alpha value is -0.470. The maximum Gasteiger partial charge on any atom is 0.218 e. The number of hydrogen-bond acceptors (Lipinski definition) is 5. The zero-order chi connectivity index (χ0) is 26.2. The highest BCUT2D eigenvalue weighted by atomic mass is 32.2. The SMILES string of the molecule is COC[C@@H]1[C@@H](C2CCC(C3CCCC(C)C3C)CC2)C2CN(S(=O)(=O)C3CCCNC3C)C/C=C\CN21. The molecule has 0 spiro atoms. The third kappa shape index (κ3) is 5.59. The van der Waals surface area contributed by atoms with Gasteiger partial charge in [-0.2, -0.15) is 4.31 Å². The van der Waals surface area contributed by atoms with E-state index in [-0.39, 0.29) is 11.3 Å². The molecule has 4 fully saturated rings. The van der Waals surface area contributed by atoms with Gasteiger partial charge in [0.25, 0.3) is 0 Å². The standard InChI is InChI=1S/C30H53N3O3S/c1-21-9-7-10-26(22(21)2)24-12-14-25(15-13-24)30-27-19-32(17-5-6-18-33(27)28(30)20-36-4)37(34,35)29-11-8-16-31-23(29)3/h5-6,21-31H,7-20H2,1-4H3/b6-5-/t21?,22?,23?,24?,25?,26?,27?,28-,29?,30+/m1/s1. The maximum absolute atomic E-state index is 13.9. The van der Waals surface area contributed by atoms with Gasteiger partial charge in [-0.25, -0.2) is 8.42 Å². The van der Waals surface area contributed by atoms with Crippen LogP contribution in [0.25, 0.3) is 0 Å². The first-order valence-corrected chi connectivity index (χ1v) is 16.9. The van der Waals surface area contributed by atoms with Gasteiger partial charge in [0.05, 0.1) is 11.9 Å². The predicted octanol–water partition coefficient (Wildman–Crippen LogP) is 4.52. The number of nitrogens with one attached hydrogen (secondary N) is 1. The molecule has 0 bridgehead atoms. The lowest BCUT2D eigenvalue weighted by atomic mass is 9.60. The lowest BCUT2D eigenvalue weighted by molar-refractivity contribution is -0.119. The molecule has 212 valence electrons. The van der Waals surface area contributed by atoms with E-state index in [4.69, 9.17) is 4.74 Å². The summed E-state index contributed by atoms with van der Waals surface area (Å²) in [6.45, 7) is 10.8. The Labute approximate surface area is 227 Å². The Balaban J connectivity index is 1.29. The van der Waals surface area contributed by atoms with E-state index in [1.54, 1.807) is 0 Å². The lowest BCUT2D eigenvalue weighted by Crippen LogP contribution is -2.71. The average Bonchev–Trinajstić information content (AvgIpc) is 2.87. The third-order valence-electron chi connectivity index (χ3n) is 11.4. The molecule has 0 aromatic rings. The molecule has 5 rings (SSSR count). The quantitative estimate of drug-likeness (QED) is 0.507. The fraction of sp³-hybridized carbons (Fsp3) is 0.933. The summed E-state index contributed by atoms with van der Waals surface area (Å²) in [6.07, 6.45) is 15.6. The van der Waals surface area contributed by atoms with E-state index in [9.17, 15) is 8.42 Å². The minimum Gasteiger partial charge on any atom is -0.383 e. The number of methoxy groups -OCH3 is 1. The van der Waals surface area contributed by atoms with Crippen molar-refractivity contribution >= 4 is 10.0 Å². The van der Waals surface area contributed by atoms with Crippen molar-refractivity contribution in [2.45, 2.75) is 102 Å². The van der Waals surface area contributed by atoms with Crippen LogP contribution < -0.4 is 5.32 Å². The molecule has 2 saturated heterocycles. The summed E-state index contributed by atoms with van der Waals surface area (Å²) in [5.41, 5.74) is 0. The van der Waals surface area contributed by atoms with E-state index in [1.807, 2.05) is 18.3 Å². The molecule has 8 atom stereocenters. The highest BCUT2D eigenvalue weighted by Crippen LogP contribution is 2.50. The predicted molar refractivity (Wildman–Crippen MR) is 151 cm³/mol. The number of nitrogens with zero attached hydrogens (tertiary/aromatic N) is 2. The Morgan fingerprint density at radius 1 is 0.919 bits per heavy atom. The van der Waals surface area contributed by atoms with E-state index in [0.717, 1.165) is 56.2 Å². The van der Waals surface area contributed by atoms with Gasteiger partial charge in [0.15, 0.2) is 0 Å². The van der Waals surface area contributed by atoms with Crippen LogP contribution >= 0.6 is 0 Å². The zero-order valence-corrected chi connectivity index (χ0v) is 24.7. The molecule has 0 amide bonds. The Kier molecular flexibility index (Phi) is 9.07. The molecule has 2 aliphatic carbocycles. The molecule has 5 aliphatic rings. The average molecular weight is 536 g/mol. The molecular formula is C30H53N3O3S. The van der Waals surface area contributed by atoms with E-state index in [0.29, 0.717) is 37.0 Å². The first-order valence-electron chi connectivity index (χ1n) is 15.4. The van der Waals surface area contributed by atoms with Gasteiger partial charge in [-0.3, -0.25) is 4.90 Å². The molecule has 6 unspecified atom stereocenters. The van der Waals surface area contributed by atoms with Gasteiger partial charge in [0, 0.05) is 44.9 Å². The van der Waals surface area contributed by atoms with Gasteiger partial charge >= 0.3 is 0 Å². The Morgan fingerprint density at radius 3 is 2.38 bits per heavy atom. The maximum atomic E-state index is 13.9. The van der Waals surface area contributed by atoms with Crippen LogP contribution in [0.4, 0.5) is 0 Å². The number of piperidine rings is 1. The van der Waals surface area contributed by atoms with Crippen molar-refractivity contribution in [2.24, 2.45) is 35.5 Å². The van der Waals surface area contributed by atoms with Gasteiger partial charge in [0.1, 0.15) is 0 Å². The highest BCUT2D eigenvalue weighted by Gasteiger charge is 2.53. The first kappa shape index (κ1) is 28.1. The highest BCUT2D eigenvalue weighted by molar-refractivity contribution is 7.89. The van der Waals surface area contributed by atoms with E-state index in [1.165, 1.54) is 44.9 Å². The normalized spacial score (nSPS) is 45.3. The number of sulfonamides is 1. The zero-order valence-electron chi connectivity index (χ0n) is 23.9. The molecule has 3 aliphatic heterocycles. The van der Waals surface area contributed by atoms with Gasteiger partial charge in [-0.1, -0.05) is 38.8 Å². The van der Waals surface area contributed by atoms with Crippen molar-refractivity contribution in [3.63, 3.8) is 0 Å². The van der Waals surface area contributed by atoms with Gasteiger partial charge in [0.2, 0.25) is 10.0 Å². The summed E-state index contributed by atoms with van der Waals surface area (Å²) in [6, 6.07) is 0.734. The van der Waals surface area contributed by atoms with Gasteiger partial charge in [-0.15, -0.1) is 0 Å². The Morgan fingerprint density at radius 2 is 1.65 bits per heavy atom. The summed E-state index contributed by atoms with van der Waals surface area (Å²) in [5.74, 6) is 4.77. The summed E-state index contributed by atoms with van der Waals surface area (Å²) in [4.78, 5) is 2.55. The largest absolute Gasteiger partial charge is 0.383 e. The van der Waals surface area contributed by atoms with Crippen LogP contribution in [0.2, 0.25) is 0 Å². The molecule has 3 heterocycles. The number of fused-ring (bicyclic) bond motifs is 1. The fourth-order valence-corrected chi connectivity index (χ4v) is 11.2. The number of rotatable bonds is 6. The summed E-state index contributed by atoms with van der Waals surface area (Å²) in [5, 5.41) is 3.10. The van der Waals surface area contributed by atoms with Crippen molar-refractivity contribution in [2.75, 3.05) is 39.9 Å². The van der Waals surface area contributed by atoms with E-state index < -0.39 is 10.0 Å². The van der Waals surface area contributed by atoms with E-state index in [2.05, 4.69) is 36.2 Å². The van der Waals surface area contributed by atoms with Crippen LogP contribution in [0, 0.1) is 35.5 Å². The van der Waals surface area contributed by atoms with Gasteiger partial charge < -0.3 is 10.1 Å². The van der Waals surface area contributed by atoms with Crippen molar-refractivity contribution < 1.29 is 13.2 Å². The number of ether oxygens (including phenoxy) is 1. The molecule has 1 N–H and O–H groups in total. The molecule has 7 heteroatoms. The van der Waals surface area contributed by atoms with Crippen molar-refractivity contribution in [1.29, 1.82) is 0 Å². The molecule has 0 aromatic heterocycles. The van der Waals surface area contributed by atoms with Crippen LogP contribution in [0.15, 0.2) is 12.2 Å². The van der Waals surface area contributed by atoms with Crippen molar-refractivity contribution in [3.05, 3.63) is 12.2 Å². The summed E-state index contributed by atoms with van der Waals surface area (Å²) >= 11 is 0. The van der Waals surface area contributed by atoms with Gasteiger partial charge in [-0.05, 0) is 93.9 Å². The second-order valence-corrected chi connectivity index (χ2v) is 15.4. The van der Waals surface area contributed by atoms with Crippen LogP contribution in [-0.4, -0.2) is 80.9 Å². The van der Waals surface area contributed by atoms with Crippen molar-refractivity contribution in [1.82, 2.24) is 14.5 Å². The van der Waals surface area contributed by atoms with Crippen LogP contribution in [-0.2, 0) is 14.8 Å². The lowest BCUT2D eigenvalue weighted by Gasteiger charge is -2.60. The van der Waals surface area contributed by atoms with Crippen LogP contribution in [0.5, 0.6) is 0 Å². The molecule has 37 heavy (non-hydrogen) atoms. The minimum atomic E-state index is -3.35. The smallest absolute Gasteiger partial charge is 0.218 e. The minimum absolute atomic E-state index is 0.0166. The third-order valence-corrected chi connectivity index (χ3v) is 13.9. The first-order chi connectivity index (χ1) is 17.8. The second kappa shape index (κ2) is 12.0. The monoisotopic (exact) mass is 535 g/mol. The molecule has 2 saturated carbocycles. The molecule has 6 nitrogen and oxygen atoms in total. The second-order valence-electron chi connectivity index (χ2n) is 13.2. The van der Waals surface area contributed by atoms with Crippen LogP contribution in [0.3, 0.4) is 0 Å². The van der Waals surface area contributed by atoms with Crippen molar-refractivity contribution in [3.8, 4) is 0 Å².